The van der Waals surface area contributed by atoms with Crippen molar-refractivity contribution in [2.45, 2.75) is 39.8 Å². The lowest BCUT2D eigenvalue weighted by Crippen LogP contribution is -2.32. The molecule has 9 heteroatoms. The number of benzene rings is 2. The molecule has 2 aromatic carbocycles. The fraction of sp³-hybridized carbons (Fsp3) is 0.250. The van der Waals surface area contributed by atoms with Crippen LogP contribution in [0.25, 0.3) is 11.0 Å². The maximum Gasteiger partial charge on any atom is 0.416 e. The highest BCUT2D eigenvalue weighted by Crippen LogP contribution is 2.42. The summed E-state index contributed by atoms with van der Waals surface area (Å²) in [6.45, 7) is 6.64. The Morgan fingerprint density at radius 1 is 1.00 bits per heavy atom. The Morgan fingerprint density at radius 3 is 2.27 bits per heavy atom. The Kier molecular flexibility index (Phi) is 6.82. The van der Waals surface area contributed by atoms with Gasteiger partial charge in [0.15, 0.2) is 11.2 Å². The molecular weight excluding hydrogens is 487 g/mol. The number of fused-ring (bicyclic) bond motifs is 1. The smallest absolute Gasteiger partial charge is 0.416 e. The summed E-state index contributed by atoms with van der Waals surface area (Å²) in [6.07, 6.45) is -4.55. The predicted octanol–water partition coefficient (Wildman–Crippen LogP) is 5.80. The summed E-state index contributed by atoms with van der Waals surface area (Å²) in [6, 6.07) is 10.1. The number of allylic oxidation sites excluding steroid dienone is 3. The first-order valence-electron chi connectivity index (χ1n) is 11.5. The van der Waals surface area contributed by atoms with Gasteiger partial charge in [0.2, 0.25) is 0 Å². The summed E-state index contributed by atoms with van der Waals surface area (Å²) in [5.41, 5.74) is 0.548. The van der Waals surface area contributed by atoms with Crippen LogP contribution in [0.5, 0.6) is 0 Å². The number of esters is 1. The minimum Gasteiger partial charge on any atom is -0.463 e. The summed E-state index contributed by atoms with van der Waals surface area (Å²) in [5, 5.41) is 3.31. The van der Waals surface area contributed by atoms with Crippen LogP contribution in [-0.4, -0.2) is 18.4 Å². The lowest BCUT2D eigenvalue weighted by molar-refractivity contribution is -0.139. The topological polar surface area (TPSA) is 85.6 Å². The lowest BCUT2D eigenvalue weighted by atomic mass is 9.77. The molecule has 3 aromatic rings. The van der Waals surface area contributed by atoms with Crippen LogP contribution in [0.2, 0.25) is 0 Å². The van der Waals surface area contributed by atoms with E-state index < -0.39 is 29.4 Å². The van der Waals surface area contributed by atoms with Crippen LogP contribution >= 0.6 is 0 Å². The minimum atomic E-state index is -4.55. The summed E-state index contributed by atoms with van der Waals surface area (Å²) in [5.74, 6) is -1.92. The predicted molar refractivity (Wildman–Crippen MR) is 131 cm³/mol. The third-order valence-electron chi connectivity index (χ3n) is 6.19. The third kappa shape index (κ3) is 4.81. The van der Waals surface area contributed by atoms with Crippen molar-refractivity contribution >= 4 is 22.7 Å². The molecule has 1 aliphatic rings. The van der Waals surface area contributed by atoms with Gasteiger partial charge < -0.3 is 14.5 Å². The van der Waals surface area contributed by atoms with E-state index in [1.807, 2.05) is 0 Å². The molecule has 0 radical (unpaired) electrons. The Labute approximate surface area is 210 Å². The maximum atomic E-state index is 13.8. The van der Waals surface area contributed by atoms with Crippen molar-refractivity contribution in [2.75, 3.05) is 6.61 Å². The van der Waals surface area contributed by atoms with Crippen LogP contribution in [0.1, 0.15) is 53.9 Å². The number of carbonyl (C=O) groups is 2. The highest BCUT2D eigenvalue weighted by molar-refractivity contribution is 6.13. The molecule has 0 aliphatic carbocycles. The summed E-state index contributed by atoms with van der Waals surface area (Å²) >= 11 is 0. The van der Waals surface area contributed by atoms with Crippen LogP contribution < -0.4 is 10.7 Å². The van der Waals surface area contributed by atoms with Gasteiger partial charge in [0, 0.05) is 34.2 Å². The van der Waals surface area contributed by atoms with Crippen molar-refractivity contribution in [3.8, 4) is 0 Å². The van der Waals surface area contributed by atoms with Gasteiger partial charge in [-0.3, -0.25) is 9.59 Å². The summed E-state index contributed by atoms with van der Waals surface area (Å²) in [4.78, 5) is 39.7. The number of hydrogen-bond donors (Lipinski definition) is 1. The molecule has 37 heavy (non-hydrogen) atoms. The minimum absolute atomic E-state index is 0.00906. The van der Waals surface area contributed by atoms with Gasteiger partial charge in [-0.2, -0.15) is 13.2 Å². The fourth-order valence-electron chi connectivity index (χ4n) is 4.59. The monoisotopic (exact) mass is 511 g/mol. The van der Waals surface area contributed by atoms with Crippen LogP contribution in [0, 0.1) is 6.92 Å². The summed E-state index contributed by atoms with van der Waals surface area (Å²) < 4.78 is 50.5. The number of ketones is 1. The van der Waals surface area contributed by atoms with Gasteiger partial charge in [0.05, 0.1) is 29.0 Å². The molecule has 192 valence electrons. The molecule has 0 saturated carbocycles. The van der Waals surface area contributed by atoms with E-state index in [-0.39, 0.29) is 39.7 Å². The van der Waals surface area contributed by atoms with Crippen LogP contribution in [0.15, 0.2) is 80.3 Å². The first-order valence-corrected chi connectivity index (χ1v) is 11.5. The maximum absolute atomic E-state index is 13.8. The summed E-state index contributed by atoms with van der Waals surface area (Å²) in [7, 11) is 0. The zero-order valence-electron chi connectivity index (χ0n) is 20.6. The quantitative estimate of drug-likeness (QED) is 0.344. The number of dihydropyridines is 1. The van der Waals surface area contributed by atoms with E-state index in [2.05, 4.69) is 5.32 Å². The van der Waals surface area contributed by atoms with Crippen molar-refractivity contribution in [3.63, 3.8) is 0 Å². The molecule has 4 rings (SSSR count). The van der Waals surface area contributed by atoms with Gasteiger partial charge in [-0.25, -0.2) is 4.79 Å². The molecule has 0 amide bonds. The molecule has 1 aliphatic heterocycles. The van der Waals surface area contributed by atoms with Gasteiger partial charge in [-0.05, 0) is 45.9 Å². The molecule has 0 spiro atoms. The fourth-order valence-corrected chi connectivity index (χ4v) is 4.59. The normalized spacial score (nSPS) is 16.1. The number of aryl methyl sites for hydroxylation is 1. The molecule has 1 unspecified atom stereocenters. The second-order valence-corrected chi connectivity index (χ2v) is 8.71. The molecule has 1 atom stereocenters. The molecule has 6 nitrogen and oxygen atoms in total. The van der Waals surface area contributed by atoms with E-state index in [1.165, 1.54) is 6.07 Å². The largest absolute Gasteiger partial charge is 0.463 e. The Hall–Kier alpha value is -4.14. The molecule has 1 aromatic heterocycles. The number of hydrogen-bond acceptors (Lipinski definition) is 6. The van der Waals surface area contributed by atoms with E-state index in [1.54, 1.807) is 45.9 Å². The highest BCUT2D eigenvalue weighted by Gasteiger charge is 2.39. The number of carbonyl (C=O) groups excluding carboxylic acids is 2. The van der Waals surface area contributed by atoms with Gasteiger partial charge >= 0.3 is 12.1 Å². The zero-order chi connectivity index (χ0) is 27.1. The number of ether oxygens (including phenoxy) is 1. The van der Waals surface area contributed by atoms with Gasteiger partial charge in [0.25, 0.3) is 0 Å². The van der Waals surface area contributed by atoms with E-state index >= 15 is 0 Å². The Bertz CT molecular complexity index is 1530. The number of nitrogens with one attached hydrogen (secondary N) is 1. The van der Waals surface area contributed by atoms with Crippen molar-refractivity contribution in [1.29, 1.82) is 0 Å². The van der Waals surface area contributed by atoms with Crippen LogP contribution in [0.3, 0.4) is 0 Å². The number of halogens is 3. The molecule has 0 bridgehead atoms. The van der Waals surface area contributed by atoms with Crippen LogP contribution in [0.4, 0.5) is 13.2 Å². The molecule has 1 N–H and O–H groups in total. The van der Waals surface area contributed by atoms with Gasteiger partial charge in [0.1, 0.15) is 11.3 Å². The molecule has 0 fully saturated rings. The van der Waals surface area contributed by atoms with Crippen LogP contribution in [-0.2, 0) is 15.7 Å². The van der Waals surface area contributed by atoms with E-state index in [9.17, 15) is 27.6 Å². The number of para-hydroxylation sites is 1. The third-order valence-corrected chi connectivity index (χ3v) is 6.19. The first kappa shape index (κ1) is 25.9. The van der Waals surface area contributed by atoms with E-state index in [4.69, 9.17) is 9.15 Å². The Balaban J connectivity index is 1.97. The number of alkyl halides is 3. The second-order valence-electron chi connectivity index (χ2n) is 8.71. The van der Waals surface area contributed by atoms with E-state index in [0.29, 0.717) is 22.7 Å². The highest BCUT2D eigenvalue weighted by atomic mass is 19.4. The van der Waals surface area contributed by atoms with Crippen molar-refractivity contribution < 1.29 is 31.9 Å². The molecular formula is C28H24F3NO5. The second kappa shape index (κ2) is 9.72. The number of rotatable bonds is 5. The van der Waals surface area contributed by atoms with Crippen molar-refractivity contribution in [3.05, 3.63) is 104 Å². The van der Waals surface area contributed by atoms with E-state index in [0.717, 1.165) is 24.3 Å². The number of Topliss-reactive ketones (excluding diaryl/α,β-unsaturated/α-hetero) is 1. The SMILES string of the molecule is CCOC(=O)C1=C(C)NC(C)=C(C(=O)c2ccc(C(F)(F)F)cc2)C1c1cccc2c(=O)cc(C)oc12. The lowest BCUT2D eigenvalue weighted by Gasteiger charge is -2.31. The average Bonchev–Trinajstić information content (AvgIpc) is 2.82. The zero-order valence-corrected chi connectivity index (χ0v) is 20.6. The Morgan fingerprint density at radius 2 is 1.65 bits per heavy atom. The average molecular weight is 511 g/mol. The standard InChI is InChI=1S/C28H24F3NO5/c1-5-36-27(35)23-16(4)32-15(3)22(25(34)17-9-11-18(12-10-17)28(29,30)31)24(23)20-8-6-7-19-21(33)13-14(2)37-26(19)20/h6-13,24,32H,5H2,1-4H3. The first-order chi connectivity index (χ1) is 17.4. The molecule has 2 heterocycles. The van der Waals surface area contributed by atoms with Gasteiger partial charge in [-0.15, -0.1) is 0 Å². The molecule has 0 saturated heterocycles. The van der Waals surface area contributed by atoms with Crippen molar-refractivity contribution in [1.82, 2.24) is 5.32 Å². The van der Waals surface area contributed by atoms with Gasteiger partial charge in [-0.1, -0.05) is 24.3 Å². The van der Waals surface area contributed by atoms with Crippen molar-refractivity contribution in [2.24, 2.45) is 0 Å².